The first-order valence-corrected chi connectivity index (χ1v) is 3.80. The molecule has 3 N–H and O–H groups in total. The van der Waals surface area contributed by atoms with Crippen LogP contribution >= 0.6 is 0 Å². The summed E-state index contributed by atoms with van der Waals surface area (Å²) < 4.78 is 5.07. The Bertz CT molecular complexity index is 149. The lowest BCUT2D eigenvalue weighted by Crippen LogP contribution is -2.51. The van der Waals surface area contributed by atoms with Crippen molar-refractivity contribution < 1.29 is 9.53 Å². The first-order chi connectivity index (χ1) is 5.18. The monoisotopic (exact) mass is 158 g/mol. The van der Waals surface area contributed by atoms with Gasteiger partial charge in [-0.2, -0.15) is 0 Å². The highest BCUT2D eigenvalue weighted by Gasteiger charge is 2.36. The van der Waals surface area contributed by atoms with Crippen LogP contribution in [0.1, 0.15) is 13.3 Å². The van der Waals surface area contributed by atoms with Gasteiger partial charge in [0.25, 0.3) is 0 Å². The molecule has 1 saturated heterocycles. The van der Waals surface area contributed by atoms with E-state index in [-0.39, 0.29) is 5.41 Å². The van der Waals surface area contributed by atoms with Crippen LogP contribution in [-0.2, 0) is 4.74 Å². The minimum absolute atomic E-state index is 0.162. The third kappa shape index (κ3) is 1.83. The van der Waals surface area contributed by atoms with Crippen LogP contribution in [0.4, 0.5) is 4.79 Å². The highest BCUT2D eigenvalue weighted by Crippen LogP contribution is 2.29. The molecule has 0 unspecified atom stereocenters. The summed E-state index contributed by atoms with van der Waals surface area (Å²) in [5, 5.41) is 2.60. The van der Waals surface area contributed by atoms with Crippen molar-refractivity contribution >= 4 is 6.03 Å². The van der Waals surface area contributed by atoms with Crippen molar-refractivity contribution in [1.82, 2.24) is 5.32 Å². The molecule has 4 nitrogen and oxygen atoms in total. The van der Waals surface area contributed by atoms with Gasteiger partial charge in [0, 0.05) is 12.0 Å². The summed E-state index contributed by atoms with van der Waals surface area (Å²) in [6.45, 7) is 4.21. The molecule has 4 heteroatoms. The number of ether oxygens (including phenoxy) is 1. The predicted octanol–water partition coefficient (Wildman–Crippen LogP) is 0.0813. The molecule has 0 bridgehead atoms. The van der Waals surface area contributed by atoms with E-state index >= 15 is 0 Å². The number of carbonyl (C=O) groups is 1. The van der Waals surface area contributed by atoms with E-state index in [9.17, 15) is 4.79 Å². The Labute approximate surface area is 66.1 Å². The molecule has 0 atom stereocenters. The largest absolute Gasteiger partial charge is 0.380 e. The standard InChI is InChI=1S/C7H14N2O2/c1-2-7(4-11-5-7)3-9-6(8)10/h2-5H2,1H3,(H3,8,9,10). The maximum atomic E-state index is 10.4. The van der Waals surface area contributed by atoms with Crippen LogP contribution in [0.25, 0.3) is 0 Å². The summed E-state index contributed by atoms with van der Waals surface area (Å²) >= 11 is 0. The van der Waals surface area contributed by atoms with Crippen LogP contribution < -0.4 is 11.1 Å². The Hall–Kier alpha value is -0.770. The quantitative estimate of drug-likeness (QED) is 0.611. The highest BCUT2D eigenvalue weighted by atomic mass is 16.5. The summed E-state index contributed by atoms with van der Waals surface area (Å²) in [5.41, 5.74) is 5.10. The van der Waals surface area contributed by atoms with Crippen molar-refractivity contribution in [1.29, 1.82) is 0 Å². The molecule has 11 heavy (non-hydrogen) atoms. The zero-order valence-electron chi connectivity index (χ0n) is 6.72. The van der Waals surface area contributed by atoms with Crippen LogP contribution in [-0.4, -0.2) is 25.8 Å². The zero-order valence-corrected chi connectivity index (χ0v) is 6.72. The number of hydrogen-bond donors (Lipinski definition) is 2. The van der Waals surface area contributed by atoms with E-state index in [0.717, 1.165) is 19.6 Å². The van der Waals surface area contributed by atoms with Gasteiger partial charge in [-0.15, -0.1) is 0 Å². The molecule has 1 rings (SSSR count). The normalized spacial score (nSPS) is 20.5. The van der Waals surface area contributed by atoms with E-state index in [2.05, 4.69) is 12.2 Å². The second-order valence-corrected chi connectivity index (χ2v) is 3.06. The van der Waals surface area contributed by atoms with Crippen LogP contribution in [0.15, 0.2) is 0 Å². The summed E-state index contributed by atoms with van der Waals surface area (Å²) in [5.74, 6) is 0. The summed E-state index contributed by atoms with van der Waals surface area (Å²) in [4.78, 5) is 10.4. The molecular weight excluding hydrogens is 144 g/mol. The van der Waals surface area contributed by atoms with Gasteiger partial charge in [0.15, 0.2) is 0 Å². The molecule has 0 saturated carbocycles. The molecule has 1 fully saturated rings. The van der Waals surface area contributed by atoms with E-state index in [1.165, 1.54) is 0 Å². The average Bonchev–Trinajstić information content (AvgIpc) is 1.86. The van der Waals surface area contributed by atoms with Crippen LogP contribution in [0.3, 0.4) is 0 Å². The van der Waals surface area contributed by atoms with Crippen LogP contribution in [0.5, 0.6) is 0 Å². The summed E-state index contributed by atoms with van der Waals surface area (Å²) in [6.07, 6.45) is 1.02. The van der Waals surface area contributed by atoms with Gasteiger partial charge in [0.1, 0.15) is 0 Å². The number of carbonyl (C=O) groups excluding carboxylic acids is 1. The number of amides is 2. The summed E-state index contributed by atoms with van der Waals surface area (Å²) in [6, 6.07) is -0.454. The van der Waals surface area contributed by atoms with Gasteiger partial charge >= 0.3 is 6.03 Å². The Balaban J connectivity index is 2.27. The lowest BCUT2D eigenvalue weighted by molar-refractivity contribution is -0.111. The smallest absolute Gasteiger partial charge is 0.312 e. The van der Waals surface area contributed by atoms with E-state index in [1.54, 1.807) is 0 Å². The third-order valence-electron chi connectivity index (χ3n) is 2.20. The molecule has 0 aromatic heterocycles. The maximum absolute atomic E-state index is 10.4. The fourth-order valence-electron chi connectivity index (χ4n) is 1.10. The number of rotatable bonds is 3. The Morgan fingerprint density at radius 2 is 2.36 bits per heavy atom. The fraction of sp³-hybridized carbons (Fsp3) is 0.857. The lowest BCUT2D eigenvalue weighted by Gasteiger charge is -2.40. The number of urea groups is 1. The van der Waals surface area contributed by atoms with Crippen molar-refractivity contribution in [3.8, 4) is 0 Å². The van der Waals surface area contributed by atoms with Gasteiger partial charge in [0.05, 0.1) is 13.2 Å². The Morgan fingerprint density at radius 1 is 1.73 bits per heavy atom. The van der Waals surface area contributed by atoms with Crippen LogP contribution in [0, 0.1) is 5.41 Å². The van der Waals surface area contributed by atoms with Crippen molar-refractivity contribution in [2.45, 2.75) is 13.3 Å². The van der Waals surface area contributed by atoms with Gasteiger partial charge < -0.3 is 15.8 Å². The maximum Gasteiger partial charge on any atom is 0.312 e. The SMILES string of the molecule is CCC1(CNC(N)=O)COC1. The number of primary amides is 1. The first kappa shape index (κ1) is 8.33. The molecule has 0 aromatic rings. The van der Waals surface area contributed by atoms with Gasteiger partial charge in [-0.25, -0.2) is 4.79 Å². The minimum Gasteiger partial charge on any atom is -0.380 e. The third-order valence-corrected chi connectivity index (χ3v) is 2.20. The molecule has 2 amide bonds. The predicted molar refractivity (Wildman–Crippen MR) is 41.1 cm³/mol. The zero-order chi connectivity index (χ0) is 8.32. The molecule has 0 radical (unpaired) electrons. The van der Waals surface area contributed by atoms with Gasteiger partial charge in [0.2, 0.25) is 0 Å². The summed E-state index contributed by atoms with van der Waals surface area (Å²) in [7, 11) is 0. The van der Waals surface area contributed by atoms with Crippen molar-refractivity contribution in [3.05, 3.63) is 0 Å². The van der Waals surface area contributed by atoms with E-state index < -0.39 is 6.03 Å². The van der Waals surface area contributed by atoms with E-state index in [4.69, 9.17) is 10.5 Å². The Kier molecular flexibility index (Phi) is 2.34. The van der Waals surface area contributed by atoms with Crippen molar-refractivity contribution in [2.75, 3.05) is 19.8 Å². The van der Waals surface area contributed by atoms with Gasteiger partial charge in [-0.05, 0) is 6.42 Å². The van der Waals surface area contributed by atoms with Gasteiger partial charge in [-0.1, -0.05) is 6.92 Å². The van der Waals surface area contributed by atoms with Gasteiger partial charge in [-0.3, -0.25) is 0 Å². The number of nitrogens with one attached hydrogen (secondary N) is 1. The molecule has 1 heterocycles. The van der Waals surface area contributed by atoms with E-state index in [1.807, 2.05) is 0 Å². The van der Waals surface area contributed by atoms with E-state index in [0.29, 0.717) is 6.54 Å². The molecule has 64 valence electrons. The second-order valence-electron chi connectivity index (χ2n) is 3.06. The van der Waals surface area contributed by atoms with Crippen molar-refractivity contribution in [2.24, 2.45) is 11.1 Å². The van der Waals surface area contributed by atoms with Crippen molar-refractivity contribution in [3.63, 3.8) is 0 Å². The molecule has 0 aromatic carbocycles. The molecule has 0 aliphatic carbocycles. The molecule has 1 aliphatic heterocycles. The Morgan fingerprint density at radius 3 is 2.64 bits per heavy atom. The highest BCUT2D eigenvalue weighted by molar-refractivity contribution is 5.71. The first-order valence-electron chi connectivity index (χ1n) is 3.80. The number of hydrogen-bond acceptors (Lipinski definition) is 2. The molecular formula is C7H14N2O2. The second kappa shape index (κ2) is 3.09. The van der Waals surface area contributed by atoms with Crippen LogP contribution in [0.2, 0.25) is 0 Å². The number of nitrogens with two attached hydrogens (primary N) is 1. The topological polar surface area (TPSA) is 64.3 Å². The fourth-order valence-corrected chi connectivity index (χ4v) is 1.10. The molecule has 1 aliphatic rings. The molecule has 0 spiro atoms. The minimum atomic E-state index is -0.454. The lowest BCUT2D eigenvalue weighted by atomic mass is 9.83. The average molecular weight is 158 g/mol.